The fourth-order valence-electron chi connectivity index (χ4n) is 1.76. The third-order valence-electron chi connectivity index (χ3n) is 2.77. The van der Waals surface area contributed by atoms with Gasteiger partial charge in [-0.3, -0.25) is 4.90 Å². The molecule has 14 heavy (non-hydrogen) atoms. The first-order valence-corrected chi connectivity index (χ1v) is 5.77. The predicted molar refractivity (Wildman–Crippen MR) is 61.2 cm³/mol. The van der Waals surface area contributed by atoms with Crippen LogP contribution in [0.1, 0.15) is 26.7 Å². The van der Waals surface area contributed by atoms with Crippen LogP contribution in [0.3, 0.4) is 0 Å². The van der Waals surface area contributed by atoms with E-state index in [1.165, 1.54) is 32.7 Å². The minimum atomic E-state index is 0.990. The second-order valence-corrected chi connectivity index (χ2v) is 3.73. The number of nitrogens with zero attached hydrogens (tertiary/aromatic N) is 2. The molecule has 0 aromatic heterocycles. The molecule has 2 heteroatoms. The van der Waals surface area contributed by atoms with Crippen molar-refractivity contribution in [2.24, 2.45) is 0 Å². The van der Waals surface area contributed by atoms with Crippen molar-refractivity contribution in [1.29, 1.82) is 0 Å². The molecular weight excluding hydrogens is 172 g/mol. The van der Waals surface area contributed by atoms with Crippen molar-refractivity contribution in [2.75, 3.05) is 39.3 Å². The molecule has 1 aliphatic rings. The molecule has 0 N–H and O–H groups in total. The Bertz CT molecular complexity index is 194. The van der Waals surface area contributed by atoms with E-state index >= 15 is 0 Å². The minimum Gasteiger partial charge on any atom is -0.301 e. The van der Waals surface area contributed by atoms with Crippen LogP contribution in [0.15, 0.2) is 0 Å². The van der Waals surface area contributed by atoms with Gasteiger partial charge >= 0.3 is 0 Å². The molecule has 2 nitrogen and oxygen atoms in total. The van der Waals surface area contributed by atoms with Crippen LogP contribution in [-0.4, -0.2) is 49.1 Å². The summed E-state index contributed by atoms with van der Waals surface area (Å²) in [6.07, 6.45) is 2.03. The van der Waals surface area contributed by atoms with Crippen molar-refractivity contribution >= 4 is 0 Å². The maximum absolute atomic E-state index is 3.20. The normalized spacial score (nSPS) is 19.0. The first-order chi connectivity index (χ1) is 6.86. The maximum atomic E-state index is 3.20. The SMILES string of the molecule is CCC#CCCN1CCN(CC)CC1. The van der Waals surface area contributed by atoms with Gasteiger partial charge in [-0.25, -0.2) is 0 Å². The van der Waals surface area contributed by atoms with E-state index in [0.717, 1.165) is 19.4 Å². The van der Waals surface area contributed by atoms with Crippen molar-refractivity contribution in [3.63, 3.8) is 0 Å². The van der Waals surface area contributed by atoms with E-state index in [2.05, 4.69) is 35.5 Å². The average Bonchev–Trinajstić information content (AvgIpc) is 2.25. The van der Waals surface area contributed by atoms with E-state index < -0.39 is 0 Å². The van der Waals surface area contributed by atoms with Gasteiger partial charge in [0, 0.05) is 45.6 Å². The molecule has 1 saturated heterocycles. The van der Waals surface area contributed by atoms with Gasteiger partial charge in [-0.05, 0) is 6.54 Å². The Morgan fingerprint density at radius 3 is 2.14 bits per heavy atom. The van der Waals surface area contributed by atoms with Crippen LogP contribution in [0, 0.1) is 11.8 Å². The van der Waals surface area contributed by atoms with Gasteiger partial charge in [-0.1, -0.05) is 13.8 Å². The second-order valence-electron chi connectivity index (χ2n) is 3.73. The van der Waals surface area contributed by atoms with Crippen LogP contribution >= 0.6 is 0 Å². The lowest BCUT2D eigenvalue weighted by Gasteiger charge is -2.33. The first-order valence-electron chi connectivity index (χ1n) is 5.77. The zero-order valence-electron chi connectivity index (χ0n) is 9.55. The fourth-order valence-corrected chi connectivity index (χ4v) is 1.76. The summed E-state index contributed by atoms with van der Waals surface area (Å²) in [5, 5.41) is 0. The average molecular weight is 194 g/mol. The van der Waals surface area contributed by atoms with Gasteiger partial charge in [-0.2, -0.15) is 0 Å². The topological polar surface area (TPSA) is 6.48 Å². The van der Waals surface area contributed by atoms with E-state index in [9.17, 15) is 0 Å². The lowest BCUT2D eigenvalue weighted by atomic mass is 10.3. The van der Waals surface area contributed by atoms with Crippen molar-refractivity contribution in [3.05, 3.63) is 0 Å². The second kappa shape index (κ2) is 6.86. The van der Waals surface area contributed by atoms with Gasteiger partial charge in [0.25, 0.3) is 0 Å². The molecule has 1 heterocycles. The molecule has 0 spiro atoms. The molecule has 0 bridgehead atoms. The van der Waals surface area contributed by atoms with E-state index in [-0.39, 0.29) is 0 Å². The Balaban J connectivity index is 2.10. The van der Waals surface area contributed by atoms with E-state index in [1.54, 1.807) is 0 Å². The Hall–Kier alpha value is -0.520. The molecule has 0 aromatic carbocycles. The van der Waals surface area contributed by atoms with Crippen LogP contribution in [-0.2, 0) is 0 Å². The summed E-state index contributed by atoms with van der Waals surface area (Å²) in [5.74, 6) is 6.32. The first kappa shape index (κ1) is 11.6. The molecule has 0 aliphatic carbocycles. The fraction of sp³-hybridized carbons (Fsp3) is 0.833. The minimum absolute atomic E-state index is 0.990. The van der Waals surface area contributed by atoms with Crippen LogP contribution in [0.5, 0.6) is 0 Å². The summed E-state index contributed by atoms with van der Waals surface area (Å²) in [5.41, 5.74) is 0. The predicted octanol–water partition coefficient (Wildman–Crippen LogP) is 1.43. The highest BCUT2D eigenvalue weighted by Gasteiger charge is 2.13. The molecule has 0 radical (unpaired) electrons. The molecule has 0 unspecified atom stereocenters. The summed E-state index contributed by atoms with van der Waals surface area (Å²) in [6.45, 7) is 11.6. The number of likely N-dealkylation sites (N-methyl/N-ethyl adjacent to an activating group) is 1. The summed E-state index contributed by atoms with van der Waals surface area (Å²) < 4.78 is 0. The van der Waals surface area contributed by atoms with Gasteiger partial charge < -0.3 is 4.90 Å². The quantitative estimate of drug-likeness (QED) is 0.627. The molecule has 80 valence electrons. The molecule has 0 atom stereocenters. The van der Waals surface area contributed by atoms with Crippen LogP contribution in [0.4, 0.5) is 0 Å². The van der Waals surface area contributed by atoms with Crippen LogP contribution in [0.2, 0.25) is 0 Å². The highest BCUT2D eigenvalue weighted by molar-refractivity contribution is 4.98. The summed E-state index contributed by atoms with van der Waals surface area (Å²) >= 11 is 0. The van der Waals surface area contributed by atoms with Crippen molar-refractivity contribution in [2.45, 2.75) is 26.7 Å². The smallest absolute Gasteiger partial charge is 0.0217 e. The molecule has 0 saturated carbocycles. The molecule has 1 rings (SSSR count). The Kier molecular flexibility index (Phi) is 5.66. The van der Waals surface area contributed by atoms with Crippen molar-refractivity contribution in [1.82, 2.24) is 9.80 Å². The van der Waals surface area contributed by atoms with Gasteiger partial charge in [0.05, 0.1) is 0 Å². The zero-order valence-corrected chi connectivity index (χ0v) is 9.55. The van der Waals surface area contributed by atoms with E-state index in [1.807, 2.05) is 0 Å². The Morgan fingerprint density at radius 2 is 1.57 bits per heavy atom. The lowest BCUT2D eigenvalue weighted by Crippen LogP contribution is -2.46. The van der Waals surface area contributed by atoms with Gasteiger partial charge in [0.15, 0.2) is 0 Å². The summed E-state index contributed by atoms with van der Waals surface area (Å²) in [4.78, 5) is 5.03. The number of hydrogen-bond acceptors (Lipinski definition) is 2. The molecular formula is C12H22N2. The highest BCUT2D eigenvalue weighted by Crippen LogP contribution is 2.01. The summed E-state index contributed by atoms with van der Waals surface area (Å²) in [6, 6.07) is 0. The number of piperazine rings is 1. The third kappa shape index (κ3) is 4.13. The monoisotopic (exact) mass is 194 g/mol. The highest BCUT2D eigenvalue weighted by atomic mass is 15.3. The van der Waals surface area contributed by atoms with Crippen molar-refractivity contribution < 1.29 is 0 Å². The lowest BCUT2D eigenvalue weighted by molar-refractivity contribution is 0.139. The van der Waals surface area contributed by atoms with Crippen molar-refractivity contribution in [3.8, 4) is 11.8 Å². The number of hydrogen-bond donors (Lipinski definition) is 0. The molecule has 1 aliphatic heterocycles. The molecule has 0 aromatic rings. The van der Waals surface area contributed by atoms with Crippen LogP contribution < -0.4 is 0 Å². The molecule has 1 fully saturated rings. The number of rotatable bonds is 3. The standard InChI is InChI=1S/C12H22N2/c1-3-5-6-7-8-14-11-9-13(4-2)10-12-14/h3-4,7-12H2,1-2H3. The van der Waals surface area contributed by atoms with Gasteiger partial charge in [0.2, 0.25) is 0 Å². The Morgan fingerprint density at radius 1 is 0.929 bits per heavy atom. The molecule has 0 amide bonds. The van der Waals surface area contributed by atoms with Crippen LogP contribution in [0.25, 0.3) is 0 Å². The zero-order chi connectivity index (χ0) is 10.2. The van der Waals surface area contributed by atoms with Gasteiger partial charge in [-0.15, -0.1) is 11.8 Å². The van der Waals surface area contributed by atoms with E-state index in [0.29, 0.717) is 0 Å². The third-order valence-corrected chi connectivity index (χ3v) is 2.77. The summed E-state index contributed by atoms with van der Waals surface area (Å²) in [7, 11) is 0. The van der Waals surface area contributed by atoms with E-state index in [4.69, 9.17) is 0 Å². The maximum Gasteiger partial charge on any atom is 0.0217 e. The van der Waals surface area contributed by atoms with Gasteiger partial charge in [0.1, 0.15) is 0 Å². The largest absolute Gasteiger partial charge is 0.301 e. The Labute approximate surface area is 88.3 Å².